The van der Waals surface area contributed by atoms with Gasteiger partial charge in [-0.3, -0.25) is 0 Å². The van der Waals surface area contributed by atoms with Crippen LogP contribution >= 0.6 is 45.5 Å². The highest BCUT2D eigenvalue weighted by atomic mass is 127. The normalized spacial score (nSPS) is 10.9. The molecule has 0 aliphatic heterocycles. The quantitative estimate of drug-likeness (QED) is 0.622. The molecule has 0 aliphatic carbocycles. The van der Waals surface area contributed by atoms with Crippen LogP contribution in [0.3, 0.4) is 0 Å². The number of aromatic hydroxyl groups is 1. The van der Waals surface area contributed by atoms with Crippen molar-refractivity contribution in [1.82, 2.24) is 0 Å². The molecular formula is C9H6ClIOS. The number of phenols is 1. The van der Waals surface area contributed by atoms with Crippen LogP contribution in [0.2, 0.25) is 0 Å². The van der Waals surface area contributed by atoms with Crippen molar-refractivity contribution >= 4 is 55.6 Å². The van der Waals surface area contributed by atoms with Gasteiger partial charge in [0.25, 0.3) is 0 Å². The van der Waals surface area contributed by atoms with Gasteiger partial charge in [0.05, 0.1) is 10.6 Å². The van der Waals surface area contributed by atoms with E-state index in [1.807, 2.05) is 12.1 Å². The summed E-state index contributed by atoms with van der Waals surface area (Å²) in [5, 5.41) is 10.7. The molecule has 0 atom stereocenters. The number of thiophene rings is 1. The largest absolute Gasteiger partial charge is 0.506 e. The van der Waals surface area contributed by atoms with Crippen LogP contribution in [0.15, 0.2) is 18.2 Å². The molecule has 1 nitrogen and oxygen atoms in total. The van der Waals surface area contributed by atoms with Crippen molar-refractivity contribution in [2.75, 3.05) is 0 Å². The van der Waals surface area contributed by atoms with Gasteiger partial charge in [-0.1, -0.05) is 0 Å². The summed E-state index contributed by atoms with van der Waals surface area (Å²) in [5.74, 6) is 0.860. The van der Waals surface area contributed by atoms with Crippen molar-refractivity contribution in [2.45, 2.75) is 5.88 Å². The van der Waals surface area contributed by atoms with Crippen LogP contribution in [0, 0.1) is 3.57 Å². The van der Waals surface area contributed by atoms with Gasteiger partial charge in [-0.05, 0) is 46.2 Å². The van der Waals surface area contributed by atoms with Gasteiger partial charge in [0.15, 0.2) is 0 Å². The Kier molecular flexibility index (Phi) is 2.67. The zero-order chi connectivity index (χ0) is 9.42. The predicted molar refractivity (Wildman–Crippen MR) is 65.8 cm³/mol. The van der Waals surface area contributed by atoms with Crippen molar-refractivity contribution < 1.29 is 5.11 Å². The number of hydrogen-bond acceptors (Lipinski definition) is 2. The van der Waals surface area contributed by atoms with E-state index in [9.17, 15) is 5.11 Å². The Labute approximate surface area is 98.5 Å². The summed E-state index contributed by atoms with van der Waals surface area (Å²) in [5.41, 5.74) is 0. The summed E-state index contributed by atoms with van der Waals surface area (Å²) >= 11 is 9.45. The summed E-state index contributed by atoms with van der Waals surface area (Å²) < 4.78 is 1.97. The van der Waals surface area contributed by atoms with Gasteiger partial charge >= 0.3 is 0 Å². The standard InChI is InChI=1S/C9H6ClIOS/c10-4-7-2-5-1-6(11)3-8(12)9(5)13-7/h1-3,12H,4H2. The average molecular weight is 325 g/mol. The number of phenolic OH excluding ortho intramolecular Hbond substituents is 1. The summed E-state index contributed by atoms with van der Waals surface area (Å²) in [6.45, 7) is 0. The molecule has 0 fully saturated rings. The molecular weight excluding hydrogens is 319 g/mol. The third-order valence-electron chi connectivity index (χ3n) is 1.74. The zero-order valence-corrected chi connectivity index (χ0v) is 10.3. The first-order valence-electron chi connectivity index (χ1n) is 3.67. The molecule has 68 valence electrons. The molecule has 1 aromatic heterocycles. The number of fused-ring (bicyclic) bond motifs is 1. The van der Waals surface area contributed by atoms with Crippen LogP contribution in [0.1, 0.15) is 4.88 Å². The third kappa shape index (κ3) is 1.78. The summed E-state index contributed by atoms with van der Waals surface area (Å²) in [6.07, 6.45) is 0. The lowest BCUT2D eigenvalue weighted by molar-refractivity contribution is 0.482. The maximum absolute atomic E-state index is 9.62. The SMILES string of the molecule is Oc1cc(I)cc2cc(CCl)sc12. The van der Waals surface area contributed by atoms with Crippen molar-refractivity contribution in [3.8, 4) is 5.75 Å². The van der Waals surface area contributed by atoms with Gasteiger partial charge in [-0.25, -0.2) is 0 Å². The van der Waals surface area contributed by atoms with E-state index in [0.29, 0.717) is 11.6 Å². The van der Waals surface area contributed by atoms with Gasteiger partial charge in [0, 0.05) is 8.45 Å². The topological polar surface area (TPSA) is 20.2 Å². The van der Waals surface area contributed by atoms with E-state index in [1.54, 1.807) is 17.4 Å². The summed E-state index contributed by atoms with van der Waals surface area (Å²) in [4.78, 5) is 1.09. The smallest absolute Gasteiger partial charge is 0.134 e. The van der Waals surface area contributed by atoms with E-state index >= 15 is 0 Å². The first-order valence-corrected chi connectivity index (χ1v) is 6.10. The highest BCUT2D eigenvalue weighted by molar-refractivity contribution is 14.1. The van der Waals surface area contributed by atoms with Crippen LogP contribution in [-0.2, 0) is 5.88 Å². The maximum atomic E-state index is 9.62. The fourth-order valence-corrected chi connectivity index (χ4v) is 2.99. The highest BCUT2D eigenvalue weighted by Gasteiger charge is 2.06. The van der Waals surface area contributed by atoms with E-state index in [1.165, 1.54) is 0 Å². The van der Waals surface area contributed by atoms with Gasteiger partial charge < -0.3 is 5.11 Å². The fraction of sp³-hybridized carbons (Fsp3) is 0.111. The van der Waals surface area contributed by atoms with Crippen LogP contribution in [0.25, 0.3) is 10.1 Å². The first kappa shape index (κ1) is 9.55. The lowest BCUT2D eigenvalue weighted by atomic mass is 10.2. The van der Waals surface area contributed by atoms with Crippen molar-refractivity contribution in [3.63, 3.8) is 0 Å². The molecule has 0 saturated heterocycles. The number of alkyl halides is 1. The molecule has 13 heavy (non-hydrogen) atoms. The van der Waals surface area contributed by atoms with Crippen molar-refractivity contribution in [2.24, 2.45) is 0 Å². The van der Waals surface area contributed by atoms with Crippen LogP contribution in [0.4, 0.5) is 0 Å². The zero-order valence-electron chi connectivity index (χ0n) is 6.55. The summed E-state index contributed by atoms with van der Waals surface area (Å²) in [6, 6.07) is 5.83. The average Bonchev–Trinajstić information content (AvgIpc) is 2.47. The third-order valence-corrected chi connectivity index (χ3v) is 3.99. The molecule has 0 aliphatic rings. The molecule has 0 unspecified atom stereocenters. The molecule has 0 bridgehead atoms. The monoisotopic (exact) mass is 324 g/mol. The maximum Gasteiger partial charge on any atom is 0.134 e. The van der Waals surface area contributed by atoms with Gasteiger partial charge in [-0.15, -0.1) is 22.9 Å². The Balaban J connectivity index is 2.75. The van der Waals surface area contributed by atoms with E-state index in [2.05, 4.69) is 22.6 Å². The predicted octanol–water partition coefficient (Wildman–Crippen LogP) is 3.95. The Morgan fingerprint density at radius 3 is 2.85 bits per heavy atom. The van der Waals surface area contributed by atoms with Crippen molar-refractivity contribution in [3.05, 3.63) is 26.6 Å². The molecule has 4 heteroatoms. The molecule has 0 amide bonds. The summed E-state index contributed by atoms with van der Waals surface area (Å²) in [7, 11) is 0. The number of benzene rings is 1. The van der Waals surface area contributed by atoms with Gasteiger partial charge in [-0.2, -0.15) is 0 Å². The first-order chi connectivity index (χ1) is 6.20. The van der Waals surface area contributed by atoms with E-state index < -0.39 is 0 Å². The van der Waals surface area contributed by atoms with Gasteiger partial charge in [0.2, 0.25) is 0 Å². The van der Waals surface area contributed by atoms with Crippen molar-refractivity contribution in [1.29, 1.82) is 0 Å². The lowest BCUT2D eigenvalue weighted by Gasteiger charge is -1.94. The van der Waals surface area contributed by atoms with E-state index in [4.69, 9.17) is 11.6 Å². The van der Waals surface area contributed by atoms with Gasteiger partial charge in [0.1, 0.15) is 5.75 Å². The van der Waals surface area contributed by atoms with Crippen LogP contribution in [0.5, 0.6) is 5.75 Å². The minimum atomic E-state index is 0.350. The second-order valence-electron chi connectivity index (χ2n) is 2.69. The fourth-order valence-electron chi connectivity index (χ4n) is 1.22. The minimum Gasteiger partial charge on any atom is -0.506 e. The number of hydrogen-bond donors (Lipinski definition) is 1. The molecule has 0 saturated carbocycles. The second-order valence-corrected chi connectivity index (χ2v) is 5.34. The van der Waals surface area contributed by atoms with Crippen LogP contribution < -0.4 is 0 Å². The second kappa shape index (κ2) is 3.63. The Morgan fingerprint density at radius 2 is 2.15 bits per heavy atom. The molecule has 0 spiro atoms. The Morgan fingerprint density at radius 1 is 1.38 bits per heavy atom. The highest BCUT2D eigenvalue weighted by Crippen LogP contribution is 2.34. The Hall–Kier alpha value is -0.000000000000000139. The minimum absolute atomic E-state index is 0.350. The number of rotatable bonds is 1. The molecule has 2 rings (SSSR count). The molecule has 1 heterocycles. The molecule has 0 radical (unpaired) electrons. The molecule has 1 N–H and O–H groups in total. The molecule has 1 aromatic carbocycles. The van der Waals surface area contributed by atoms with Crippen LogP contribution in [-0.4, -0.2) is 5.11 Å². The lowest BCUT2D eigenvalue weighted by Crippen LogP contribution is -1.70. The Bertz CT molecular complexity index is 452. The molecule has 2 aromatic rings. The van der Waals surface area contributed by atoms with E-state index in [-0.39, 0.29) is 0 Å². The van der Waals surface area contributed by atoms with E-state index in [0.717, 1.165) is 18.5 Å². The number of halogens is 2.